The number of aldehydes is 1. The van der Waals surface area contributed by atoms with Crippen LogP contribution in [0.5, 0.6) is 0 Å². The zero-order chi connectivity index (χ0) is 10.7. The Morgan fingerprint density at radius 2 is 2.21 bits per heavy atom. The Balaban J connectivity index is 3.30. The number of halogens is 2. The molecule has 1 aromatic rings. The predicted octanol–water partition coefficient (Wildman–Crippen LogP) is 2.19. The summed E-state index contributed by atoms with van der Waals surface area (Å²) in [5.74, 6) is -1.31. The quantitative estimate of drug-likeness (QED) is 0.605. The molecule has 0 aromatic heterocycles. The van der Waals surface area contributed by atoms with Crippen LogP contribution >= 0.6 is 15.9 Å². The molecular weight excluding hydrogens is 255 g/mol. The lowest BCUT2D eigenvalue weighted by Crippen LogP contribution is -2.04. The van der Waals surface area contributed by atoms with E-state index < -0.39 is 11.8 Å². The molecule has 0 spiro atoms. The number of esters is 1. The summed E-state index contributed by atoms with van der Waals surface area (Å²) >= 11 is 3.00. The molecule has 14 heavy (non-hydrogen) atoms. The molecule has 74 valence electrons. The maximum atomic E-state index is 13.0. The Hall–Kier alpha value is -1.23. The number of rotatable bonds is 2. The van der Waals surface area contributed by atoms with Gasteiger partial charge >= 0.3 is 5.97 Å². The van der Waals surface area contributed by atoms with Gasteiger partial charge in [-0.25, -0.2) is 9.18 Å². The SMILES string of the molecule is COC(=O)c1cc(C=O)c(F)cc1Br. The van der Waals surface area contributed by atoms with Crippen LogP contribution in [0.3, 0.4) is 0 Å². The molecule has 0 radical (unpaired) electrons. The van der Waals surface area contributed by atoms with E-state index in [1.165, 1.54) is 7.11 Å². The summed E-state index contributed by atoms with van der Waals surface area (Å²) in [5.41, 5.74) is -0.0513. The second kappa shape index (κ2) is 4.32. The molecule has 0 heterocycles. The van der Waals surface area contributed by atoms with E-state index in [1.54, 1.807) is 0 Å². The zero-order valence-corrected chi connectivity index (χ0v) is 8.80. The largest absolute Gasteiger partial charge is 0.465 e. The lowest BCUT2D eigenvalue weighted by molar-refractivity contribution is 0.0599. The molecule has 0 aliphatic carbocycles. The van der Waals surface area contributed by atoms with Crippen molar-refractivity contribution < 1.29 is 18.7 Å². The normalized spacial score (nSPS) is 9.64. The van der Waals surface area contributed by atoms with E-state index in [2.05, 4.69) is 20.7 Å². The topological polar surface area (TPSA) is 43.4 Å². The third kappa shape index (κ3) is 1.98. The van der Waals surface area contributed by atoms with Crippen LogP contribution in [0.2, 0.25) is 0 Å². The molecule has 0 saturated carbocycles. The Labute approximate surface area is 88.0 Å². The number of methoxy groups -OCH3 is 1. The minimum Gasteiger partial charge on any atom is -0.465 e. The monoisotopic (exact) mass is 260 g/mol. The Bertz CT molecular complexity index is 390. The molecule has 5 heteroatoms. The molecule has 0 aliphatic heterocycles. The van der Waals surface area contributed by atoms with E-state index in [9.17, 15) is 14.0 Å². The van der Waals surface area contributed by atoms with Gasteiger partial charge in [-0.1, -0.05) is 0 Å². The molecule has 0 saturated heterocycles. The van der Waals surface area contributed by atoms with E-state index in [0.717, 1.165) is 12.1 Å². The van der Waals surface area contributed by atoms with Crippen molar-refractivity contribution in [1.29, 1.82) is 0 Å². The minimum absolute atomic E-state index is 0.121. The third-order valence-electron chi connectivity index (χ3n) is 1.62. The number of carbonyl (C=O) groups excluding carboxylic acids is 2. The van der Waals surface area contributed by atoms with Gasteiger partial charge in [-0.3, -0.25) is 4.79 Å². The van der Waals surface area contributed by atoms with Gasteiger partial charge in [0, 0.05) is 4.47 Å². The number of ether oxygens (including phenoxy) is 1. The van der Waals surface area contributed by atoms with Gasteiger partial charge in [-0.15, -0.1) is 0 Å². The van der Waals surface area contributed by atoms with Gasteiger partial charge in [-0.05, 0) is 28.1 Å². The molecule has 0 bridgehead atoms. The molecule has 0 fully saturated rings. The highest BCUT2D eigenvalue weighted by atomic mass is 79.9. The number of hydrogen-bond acceptors (Lipinski definition) is 3. The highest BCUT2D eigenvalue weighted by Gasteiger charge is 2.14. The van der Waals surface area contributed by atoms with Gasteiger partial charge in [0.15, 0.2) is 6.29 Å². The summed E-state index contributed by atoms with van der Waals surface area (Å²) in [6, 6.07) is 2.19. The van der Waals surface area contributed by atoms with Crippen LogP contribution in [0.1, 0.15) is 20.7 Å². The molecule has 0 atom stereocenters. The molecule has 0 N–H and O–H groups in total. The van der Waals surface area contributed by atoms with Gasteiger partial charge in [-0.2, -0.15) is 0 Å². The maximum absolute atomic E-state index is 13.0. The van der Waals surface area contributed by atoms with Crippen LogP contribution in [-0.4, -0.2) is 19.4 Å². The van der Waals surface area contributed by atoms with Crippen LogP contribution in [0.4, 0.5) is 4.39 Å². The van der Waals surface area contributed by atoms with Crippen molar-refractivity contribution >= 4 is 28.2 Å². The van der Waals surface area contributed by atoms with E-state index in [-0.39, 0.29) is 15.6 Å². The standard InChI is InChI=1S/C9H6BrFO3/c1-14-9(13)6-2-5(4-12)8(11)3-7(6)10/h2-4H,1H3. The first-order chi connectivity index (χ1) is 6.60. The van der Waals surface area contributed by atoms with Gasteiger partial charge in [0.25, 0.3) is 0 Å². The fraction of sp³-hybridized carbons (Fsp3) is 0.111. The first-order valence-corrected chi connectivity index (χ1v) is 4.42. The number of benzene rings is 1. The van der Waals surface area contributed by atoms with E-state index >= 15 is 0 Å². The molecular formula is C9H6BrFO3. The smallest absolute Gasteiger partial charge is 0.339 e. The number of carbonyl (C=O) groups is 2. The summed E-state index contributed by atoms with van der Waals surface area (Å²) < 4.78 is 17.7. The van der Waals surface area contributed by atoms with Crippen LogP contribution in [-0.2, 0) is 4.74 Å². The van der Waals surface area contributed by atoms with Crippen LogP contribution < -0.4 is 0 Å². The van der Waals surface area contributed by atoms with Crippen molar-refractivity contribution in [2.75, 3.05) is 7.11 Å². The molecule has 0 unspecified atom stereocenters. The lowest BCUT2D eigenvalue weighted by Gasteiger charge is -2.03. The van der Waals surface area contributed by atoms with Gasteiger partial charge < -0.3 is 4.74 Å². The minimum atomic E-state index is -0.681. The summed E-state index contributed by atoms with van der Waals surface area (Å²) in [5, 5.41) is 0. The zero-order valence-electron chi connectivity index (χ0n) is 7.21. The maximum Gasteiger partial charge on any atom is 0.339 e. The fourth-order valence-electron chi connectivity index (χ4n) is 0.922. The van der Waals surface area contributed by atoms with E-state index in [0.29, 0.717) is 6.29 Å². The van der Waals surface area contributed by atoms with Gasteiger partial charge in [0.2, 0.25) is 0 Å². The molecule has 1 rings (SSSR count). The van der Waals surface area contributed by atoms with Gasteiger partial charge in [0.05, 0.1) is 18.2 Å². The molecule has 1 aromatic carbocycles. The van der Waals surface area contributed by atoms with Gasteiger partial charge in [0.1, 0.15) is 5.82 Å². The summed E-state index contributed by atoms with van der Waals surface area (Å²) in [4.78, 5) is 21.5. The van der Waals surface area contributed by atoms with Crippen molar-refractivity contribution in [3.05, 3.63) is 33.5 Å². The van der Waals surface area contributed by atoms with Crippen LogP contribution in [0.15, 0.2) is 16.6 Å². The first-order valence-electron chi connectivity index (χ1n) is 3.62. The van der Waals surface area contributed by atoms with Crippen LogP contribution in [0, 0.1) is 5.82 Å². The third-order valence-corrected chi connectivity index (χ3v) is 2.27. The predicted molar refractivity (Wildman–Crippen MR) is 50.8 cm³/mol. The van der Waals surface area contributed by atoms with Crippen LogP contribution in [0.25, 0.3) is 0 Å². The first kappa shape index (κ1) is 10.8. The highest BCUT2D eigenvalue weighted by Crippen LogP contribution is 2.21. The average molecular weight is 261 g/mol. The summed E-state index contributed by atoms with van der Waals surface area (Å²) in [6.45, 7) is 0. The average Bonchev–Trinajstić information content (AvgIpc) is 2.17. The Kier molecular flexibility index (Phi) is 3.35. The fourth-order valence-corrected chi connectivity index (χ4v) is 1.40. The highest BCUT2D eigenvalue weighted by molar-refractivity contribution is 9.10. The molecule has 0 amide bonds. The number of hydrogen-bond donors (Lipinski definition) is 0. The van der Waals surface area contributed by atoms with Crippen molar-refractivity contribution in [3.8, 4) is 0 Å². The van der Waals surface area contributed by atoms with E-state index in [1.807, 2.05) is 0 Å². The second-order valence-electron chi connectivity index (χ2n) is 2.46. The second-order valence-corrected chi connectivity index (χ2v) is 3.32. The van der Waals surface area contributed by atoms with Crippen molar-refractivity contribution in [2.24, 2.45) is 0 Å². The Morgan fingerprint density at radius 1 is 1.57 bits per heavy atom. The summed E-state index contributed by atoms with van der Waals surface area (Å²) in [7, 11) is 1.21. The van der Waals surface area contributed by atoms with E-state index in [4.69, 9.17) is 0 Å². The van der Waals surface area contributed by atoms with Crippen molar-refractivity contribution in [3.63, 3.8) is 0 Å². The van der Waals surface area contributed by atoms with Crippen molar-refractivity contribution in [2.45, 2.75) is 0 Å². The summed E-state index contributed by atoms with van der Waals surface area (Å²) in [6.07, 6.45) is 0.341. The Morgan fingerprint density at radius 3 is 2.71 bits per heavy atom. The molecule has 3 nitrogen and oxygen atoms in total. The van der Waals surface area contributed by atoms with Crippen molar-refractivity contribution in [1.82, 2.24) is 0 Å². The molecule has 0 aliphatic rings. The lowest BCUT2D eigenvalue weighted by atomic mass is 10.1.